The van der Waals surface area contributed by atoms with Crippen LogP contribution in [0.25, 0.3) is 11.3 Å². The summed E-state index contributed by atoms with van der Waals surface area (Å²) in [5.41, 5.74) is 8.95. The van der Waals surface area contributed by atoms with Gasteiger partial charge in [0.15, 0.2) is 5.13 Å². The molecule has 0 bridgehead atoms. The lowest BCUT2D eigenvalue weighted by Crippen LogP contribution is -2.22. The van der Waals surface area contributed by atoms with Gasteiger partial charge in [-0.05, 0) is 19.1 Å². The topological polar surface area (TPSA) is 74.7 Å². The molecule has 0 saturated heterocycles. The molecule has 0 fully saturated rings. The molecule has 0 saturated carbocycles. The van der Waals surface area contributed by atoms with E-state index < -0.39 is 0 Å². The minimum atomic E-state index is -0.123. The van der Waals surface area contributed by atoms with Gasteiger partial charge < -0.3 is 11.1 Å². The number of thiazole rings is 1. The minimum absolute atomic E-state index is 0.123. The largest absolute Gasteiger partial charge is 0.334 e. The van der Waals surface area contributed by atoms with Gasteiger partial charge in [-0.3, -0.25) is 0 Å². The van der Waals surface area contributed by atoms with Gasteiger partial charge in [0.05, 0.1) is 17.3 Å². The van der Waals surface area contributed by atoms with Gasteiger partial charge in [-0.25, -0.2) is 4.98 Å². The number of nitrogens with one attached hydrogen (secondary N) is 1. The smallest absolute Gasteiger partial charge is 0.187 e. The molecule has 19 heavy (non-hydrogen) atoms. The SMILES string of the molecule is C=C(Nc1nc(-c2ccc(C#N)cc2)cs1)[C@H](C)N. The number of nitrogens with zero attached hydrogens (tertiary/aromatic N) is 2. The Balaban J connectivity index is 2.16. The molecule has 0 spiro atoms. The first-order chi connectivity index (χ1) is 9.10. The highest BCUT2D eigenvalue weighted by atomic mass is 32.1. The third-order valence-electron chi connectivity index (χ3n) is 2.63. The Morgan fingerprint density at radius 2 is 2.16 bits per heavy atom. The molecule has 0 unspecified atom stereocenters. The van der Waals surface area contributed by atoms with Crippen LogP contribution in [0.5, 0.6) is 0 Å². The van der Waals surface area contributed by atoms with Crippen molar-refractivity contribution < 1.29 is 0 Å². The number of hydrogen-bond donors (Lipinski definition) is 2. The molecule has 0 aliphatic carbocycles. The molecule has 0 aliphatic heterocycles. The van der Waals surface area contributed by atoms with Gasteiger partial charge in [0.1, 0.15) is 0 Å². The fourth-order valence-electron chi connectivity index (χ4n) is 1.43. The Kier molecular flexibility index (Phi) is 3.95. The predicted molar refractivity (Wildman–Crippen MR) is 78.7 cm³/mol. The van der Waals surface area contributed by atoms with Crippen LogP contribution in [0.4, 0.5) is 5.13 Å². The van der Waals surface area contributed by atoms with Gasteiger partial charge in [0.25, 0.3) is 0 Å². The van der Waals surface area contributed by atoms with Crippen LogP contribution in [-0.4, -0.2) is 11.0 Å². The normalized spacial score (nSPS) is 11.6. The van der Waals surface area contributed by atoms with Crippen LogP contribution in [0.15, 0.2) is 41.9 Å². The maximum Gasteiger partial charge on any atom is 0.187 e. The van der Waals surface area contributed by atoms with E-state index in [4.69, 9.17) is 11.0 Å². The van der Waals surface area contributed by atoms with Gasteiger partial charge in [0, 0.05) is 22.7 Å². The summed E-state index contributed by atoms with van der Waals surface area (Å²) in [7, 11) is 0. The van der Waals surface area contributed by atoms with Crippen molar-refractivity contribution in [3.05, 3.63) is 47.5 Å². The van der Waals surface area contributed by atoms with E-state index in [-0.39, 0.29) is 6.04 Å². The highest BCUT2D eigenvalue weighted by molar-refractivity contribution is 7.14. The first kappa shape index (κ1) is 13.3. The van der Waals surface area contributed by atoms with E-state index in [0.29, 0.717) is 5.56 Å². The average Bonchev–Trinajstić information content (AvgIpc) is 2.87. The second-order valence-corrected chi connectivity index (χ2v) is 5.02. The Hall–Kier alpha value is -2.16. The average molecular weight is 270 g/mol. The van der Waals surface area contributed by atoms with Crippen LogP contribution in [0, 0.1) is 11.3 Å². The maximum absolute atomic E-state index is 8.76. The van der Waals surface area contributed by atoms with Crippen LogP contribution in [0.3, 0.4) is 0 Å². The van der Waals surface area contributed by atoms with Crippen LogP contribution < -0.4 is 11.1 Å². The van der Waals surface area contributed by atoms with Gasteiger partial charge >= 0.3 is 0 Å². The van der Waals surface area contributed by atoms with E-state index in [9.17, 15) is 0 Å². The zero-order valence-electron chi connectivity index (χ0n) is 10.6. The molecule has 1 atom stereocenters. The van der Waals surface area contributed by atoms with Crippen LogP contribution >= 0.6 is 11.3 Å². The number of benzene rings is 1. The molecule has 2 aromatic rings. The van der Waals surface area contributed by atoms with E-state index in [1.54, 1.807) is 12.1 Å². The molecular weight excluding hydrogens is 256 g/mol. The number of nitriles is 1. The van der Waals surface area contributed by atoms with E-state index in [0.717, 1.165) is 22.1 Å². The van der Waals surface area contributed by atoms with Crippen LogP contribution in [0.1, 0.15) is 12.5 Å². The van der Waals surface area contributed by atoms with Crippen molar-refractivity contribution in [1.29, 1.82) is 5.26 Å². The fraction of sp³-hybridized carbons (Fsp3) is 0.143. The minimum Gasteiger partial charge on any atom is -0.334 e. The second-order valence-electron chi connectivity index (χ2n) is 4.17. The quantitative estimate of drug-likeness (QED) is 0.895. The highest BCUT2D eigenvalue weighted by Crippen LogP contribution is 2.25. The van der Waals surface area contributed by atoms with Gasteiger partial charge in [-0.1, -0.05) is 18.7 Å². The monoisotopic (exact) mass is 270 g/mol. The van der Waals surface area contributed by atoms with E-state index in [1.165, 1.54) is 11.3 Å². The Labute approximate surface area is 116 Å². The second kappa shape index (κ2) is 5.65. The molecule has 1 aromatic heterocycles. The highest BCUT2D eigenvalue weighted by Gasteiger charge is 2.07. The molecule has 96 valence electrons. The summed E-state index contributed by atoms with van der Waals surface area (Å²) < 4.78 is 0. The fourth-order valence-corrected chi connectivity index (χ4v) is 2.18. The summed E-state index contributed by atoms with van der Waals surface area (Å²) in [6.07, 6.45) is 0. The van der Waals surface area contributed by atoms with Crippen molar-refractivity contribution in [2.75, 3.05) is 5.32 Å². The molecule has 5 heteroatoms. The molecule has 3 N–H and O–H groups in total. The van der Waals surface area contributed by atoms with Crippen molar-refractivity contribution in [3.63, 3.8) is 0 Å². The lowest BCUT2D eigenvalue weighted by molar-refractivity contribution is 0.869. The van der Waals surface area contributed by atoms with Gasteiger partial charge in [-0.2, -0.15) is 5.26 Å². The number of hydrogen-bond acceptors (Lipinski definition) is 5. The standard InChI is InChI=1S/C14H14N4S/c1-9(16)10(2)17-14-18-13(8-19-14)12-5-3-11(7-15)4-6-12/h3-6,8-9H,2,16H2,1H3,(H,17,18)/t9-/m0/s1. The van der Waals surface area contributed by atoms with Crippen molar-refractivity contribution in [1.82, 2.24) is 4.98 Å². The number of rotatable bonds is 4. The molecule has 1 aromatic carbocycles. The summed E-state index contributed by atoms with van der Waals surface area (Å²) in [6.45, 7) is 5.71. The van der Waals surface area contributed by atoms with Crippen molar-refractivity contribution in [3.8, 4) is 17.3 Å². The van der Waals surface area contributed by atoms with Crippen LogP contribution in [-0.2, 0) is 0 Å². The van der Waals surface area contributed by atoms with E-state index >= 15 is 0 Å². The lowest BCUT2D eigenvalue weighted by atomic mass is 10.1. The molecule has 0 aliphatic rings. The summed E-state index contributed by atoms with van der Waals surface area (Å²) in [4.78, 5) is 4.47. The molecular formula is C14H14N4S. The number of aromatic nitrogens is 1. The predicted octanol–water partition coefficient (Wildman–Crippen LogP) is 2.95. The Morgan fingerprint density at radius 3 is 2.74 bits per heavy atom. The third kappa shape index (κ3) is 3.19. The maximum atomic E-state index is 8.76. The summed E-state index contributed by atoms with van der Waals surface area (Å²) in [5, 5.41) is 14.6. The van der Waals surface area contributed by atoms with Gasteiger partial charge in [-0.15, -0.1) is 11.3 Å². The zero-order chi connectivity index (χ0) is 13.8. The summed E-state index contributed by atoms with van der Waals surface area (Å²) in [5.74, 6) is 0. The molecule has 1 heterocycles. The van der Waals surface area contributed by atoms with Gasteiger partial charge in [0.2, 0.25) is 0 Å². The molecule has 0 radical (unpaired) electrons. The Morgan fingerprint density at radius 1 is 1.47 bits per heavy atom. The first-order valence-corrected chi connectivity index (χ1v) is 6.65. The number of anilines is 1. The molecule has 2 rings (SSSR count). The molecule has 0 amide bonds. The third-order valence-corrected chi connectivity index (χ3v) is 3.39. The summed E-state index contributed by atoms with van der Waals surface area (Å²) in [6, 6.07) is 9.31. The van der Waals surface area contributed by atoms with E-state index in [2.05, 4.69) is 22.9 Å². The molecule has 4 nitrogen and oxygen atoms in total. The first-order valence-electron chi connectivity index (χ1n) is 5.77. The summed E-state index contributed by atoms with van der Waals surface area (Å²) >= 11 is 1.50. The Bertz CT molecular complexity index is 620. The number of nitrogens with two attached hydrogens (primary N) is 1. The van der Waals surface area contributed by atoms with Crippen LogP contribution in [0.2, 0.25) is 0 Å². The van der Waals surface area contributed by atoms with Crippen molar-refractivity contribution in [2.24, 2.45) is 5.73 Å². The lowest BCUT2D eigenvalue weighted by Gasteiger charge is -2.09. The zero-order valence-corrected chi connectivity index (χ0v) is 11.4. The van der Waals surface area contributed by atoms with E-state index in [1.807, 2.05) is 24.4 Å². The van der Waals surface area contributed by atoms with Crippen molar-refractivity contribution >= 4 is 16.5 Å². The van der Waals surface area contributed by atoms with Crippen molar-refractivity contribution in [2.45, 2.75) is 13.0 Å².